The molecule has 0 aromatic rings. The van der Waals surface area contributed by atoms with E-state index in [2.05, 4.69) is 77.1 Å². The molecule has 0 heterocycles. The highest BCUT2D eigenvalue weighted by Gasteiger charge is 2.04. The van der Waals surface area contributed by atoms with Crippen LogP contribution in [-0.2, 0) is 0 Å². The first-order valence-electron chi connectivity index (χ1n) is 20.4. The van der Waals surface area contributed by atoms with Gasteiger partial charge in [0.15, 0.2) is 0 Å². The van der Waals surface area contributed by atoms with Crippen LogP contribution in [0, 0.1) is 269 Å². The van der Waals surface area contributed by atoms with Gasteiger partial charge in [-0.15, -0.1) is 97.7 Å². The molecule has 0 aliphatic rings. The average molecular weight is 899 g/mol. The van der Waals surface area contributed by atoms with Crippen LogP contribution >= 0.6 is 0 Å². The van der Waals surface area contributed by atoms with Crippen molar-refractivity contribution in [3.8, 4) is 182 Å². The van der Waals surface area contributed by atoms with E-state index in [9.17, 15) is 0 Å². The Hall–Kier alpha value is -10.1. The second-order valence-electron chi connectivity index (χ2n) is 11.5. The van der Waals surface area contributed by atoms with E-state index in [1.807, 2.05) is 61.5 Å². The minimum Gasteiger partial charge on any atom is -0.198 e. The third kappa shape index (κ3) is 117. The summed E-state index contributed by atoms with van der Waals surface area (Å²) in [6.45, 7) is 7.26. The normalized spacial score (nSPS) is 7.41. The Kier molecular flexibility index (Phi) is 106. The van der Waals surface area contributed by atoms with Crippen molar-refractivity contribution >= 4 is 0 Å². The molecule has 2 atom stereocenters. The van der Waals surface area contributed by atoms with E-state index in [0.717, 1.165) is 32.1 Å². The van der Waals surface area contributed by atoms with E-state index in [4.69, 9.17) is 102 Å². The lowest BCUT2D eigenvalue weighted by atomic mass is 10.0. The number of terminal acetylenes is 6. The third-order valence-electron chi connectivity index (χ3n) is 5.90. The van der Waals surface area contributed by atoms with E-state index < -0.39 is 11.8 Å². The molecule has 2 unspecified atom stereocenters. The lowest BCUT2D eigenvalue weighted by molar-refractivity contribution is 0.590. The van der Waals surface area contributed by atoms with Crippen molar-refractivity contribution in [2.45, 2.75) is 143 Å². The van der Waals surface area contributed by atoms with Gasteiger partial charge in [0.05, 0.1) is 104 Å². The number of nitrogens with zero attached hydrogens (tertiary/aromatic N) is 12. The number of unbranched alkanes of at least 4 members (excludes halogenated alkanes) is 5. The van der Waals surface area contributed by atoms with Crippen LogP contribution in [0.5, 0.6) is 0 Å². The number of hydrogen-bond acceptors (Lipinski definition) is 12. The summed E-state index contributed by atoms with van der Waals surface area (Å²) >= 11 is 0. The molecule has 0 saturated heterocycles. The number of rotatable bonds is 12. The first-order chi connectivity index (χ1) is 32.9. The van der Waals surface area contributed by atoms with Gasteiger partial charge in [0.1, 0.15) is 11.8 Å². The Morgan fingerprint density at radius 1 is 0.368 bits per heavy atom. The van der Waals surface area contributed by atoms with Crippen LogP contribution < -0.4 is 0 Å². The van der Waals surface area contributed by atoms with Crippen LogP contribution in [-0.4, -0.2) is 0 Å². The fourth-order valence-corrected chi connectivity index (χ4v) is 2.61. The van der Waals surface area contributed by atoms with Gasteiger partial charge in [-0.2, -0.15) is 63.1 Å². The molecule has 0 aliphatic carbocycles. The fourth-order valence-electron chi connectivity index (χ4n) is 2.61. The van der Waals surface area contributed by atoms with Gasteiger partial charge in [-0.05, 0) is 46.5 Å². The van der Waals surface area contributed by atoms with Crippen molar-refractivity contribution in [1.82, 2.24) is 0 Å². The van der Waals surface area contributed by atoms with Gasteiger partial charge in [-0.3, -0.25) is 0 Å². The summed E-state index contributed by atoms with van der Waals surface area (Å²) in [6.07, 6.45) is 39.9. The zero-order chi connectivity index (χ0) is 54.0. The molecule has 68 heavy (non-hydrogen) atoms. The van der Waals surface area contributed by atoms with Gasteiger partial charge < -0.3 is 0 Å². The molecule has 12 heteroatoms. The largest absolute Gasteiger partial charge is 0.198 e. The van der Waals surface area contributed by atoms with E-state index in [1.165, 1.54) is 0 Å². The quantitative estimate of drug-likeness (QED) is 0.130. The zero-order valence-corrected chi connectivity index (χ0v) is 39.9. The third-order valence-corrected chi connectivity index (χ3v) is 5.90. The van der Waals surface area contributed by atoms with Gasteiger partial charge >= 0.3 is 0 Å². The summed E-state index contributed by atoms with van der Waals surface area (Å²) in [4.78, 5) is 0. The Morgan fingerprint density at radius 2 is 0.838 bits per heavy atom. The molecule has 12 nitrogen and oxygen atoms in total. The van der Waals surface area contributed by atoms with E-state index in [0.29, 0.717) is 77.0 Å². The van der Waals surface area contributed by atoms with Gasteiger partial charge in [-0.25, -0.2) is 0 Å². The number of hydrogen-bond donors (Lipinski definition) is 0. The van der Waals surface area contributed by atoms with Crippen molar-refractivity contribution in [1.29, 1.82) is 63.1 Å². The Morgan fingerprint density at radius 3 is 1.15 bits per heavy atom. The first-order valence-corrected chi connectivity index (χ1v) is 20.4. The van der Waals surface area contributed by atoms with E-state index in [-0.39, 0.29) is 18.3 Å². The van der Waals surface area contributed by atoms with Crippen LogP contribution in [0.4, 0.5) is 0 Å². The molecule has 0 N–H and O–H groups in total. The molecule has 0 spiro atoms. The number of nitriles is 12. The van der Waals surface area contributed by atoms with Gasteiger partial charge in [0.2, 0.25) is 0 Å². The minimum atomic E-state index is -0.625. The molecule has 0 bridgehead atoms. The van der Waals surface area contributed by atoms with E-state index in [1.54, 1.807) is 32.9 Å². The molecule has 0 saturated carbocycles. The maximum Gasteiger partial charge on any atom is 0.144 e. The summed E-state index contributed by atoms with van der Waals surface area (Å²) in [5.41, 5.74) is 0. The molecule has 0 radical (unpaired) electrons. The molecule has 0 fully saturated rings. The van der Waals surface area contributed by atoms with Crippen LogP contribution in [0.1, 0.15) is 143 Å². The van der Waals surface area contributed by atoms with Gasteiger partial charge in [0.25, 0.3) is 0 Å². The molecule has 0 amide bonds. The standard InChI is InChI=1S/C9H10N2.C7H6N2.C6H4N2.4C6H7N.2C5H5N/c1-2-3-4-5-9(8-11)6-7-10;1-2-3-4-7(5-8)6-9;1-2-3-6(4-7)5-8;1-3-4-6(2)5-7;3*1-2-3-4-5-6-7;2*1-2-3-4-5-6/h1,9H,3-6H2;1,7H,3-4H2;1,6H,3H2;1,6H,4H2,2H3;4-5H2,1H3;2,5H2,1H3;1H,3-5H2;4H2,1H3;1H,3-4H2. The van der Waals surface area contributed by atoms with Crippen LogP contribution in [0.3, 0.4) is 0 Å². The predicted molar refractivity (Wildman–Crippen MR) is 263 cm³/mol. The van der Waals surface area contributed by atoms with Gasteiger partial charge in [-0.1, -0.05) is 18.8 Å². The van der Waals surface area contributed by atoms with Crippen molar-refractivity contribution in [3.63, 3.8) is 0 Å². The molecular formula is C56H58N12. The van der Waals surface area contributed by atoms with Crippen molar-refractivity contribution in [3.05, 3.63) is 0 Å². The second-order valence-corrected chi connectivity index (χ2v) is 11.5. The topological polar surface area (TPSA) is 285 Å². The molecule has 0 aliphatic heterocycles. The Labute approximate surface area is 411 Å². The maximum atomic E-state index is 8.50. The second kappa shape index (κ2) is 92.3. The van der Waals surface area contributed by atoms with Crippen LogP contribution in [0.25, 0.3) is 0 Å². The fraction of sp³-hybridized carbons (Fsp3) is 0.464. The molecule has 0 rings (SSSR count). The SMILES string of the molecule is C#CCC(C#N)C#N.C#CCC(C)C#N.C#CCCC#N.C#CCCC(C#N)C#N.C#CCCCC#N.C#CCCCC(C#N)CC#N.CC#CCC#N.CC#CCCC#N.CCC#CCC#N. The van der Waals surface area contributed by atoms with Crippen molar-refractivity contribution in [2.24, 2.45) is 23.7 Å². The highest BCUT2D eigenvalue weighted by Crippen LogP contribution is 2.10. The summed E-state index contributed by atoms with van der Waals surface area (Å²) < 4.78 is 0. The monoisotopic (exact) mass is 898 g/mol. The van der Waals surface area contributed by atoms with Crippen molar-refractivity contribution < 1.29 is 0 Å². The Balaban J connectivity index is -0.0000000828. The minimum absolute atomic E-state index is 0.0185. The van der Waals surface area contributed by atoms with Crippen LogP contribution in [0.15, 0.2) is 0 Å². The van der Waals surface area contributed by atoms with Gasteiger partial charge in [0, 0.05) is 70.6 Å². The maximum absolute atomic E-state index is 8.50. The Bertz CT molecular complexity index is 2210. The predicted octanol–water partition coefficient (Wildman–Crippen LogP) is 10.5. The highest BCUT2D eigenvalue weighted by molar-refractivity contribution is 5.06. The lowest BCUT2D eigenvalue weighted by Crippen LogP contribution is -1.94. The molecule has 0 aromatic heterocycles. The summed E-state index contributed by atoms with van der Waals surface area (Å²) in [6, 6.07) is 23.0. The molecule has 0 aromatic carbocycles. The summed E-state index contributed by atoms with van der Waals surface area (Å²) in [5, 5.41) is 97.1. The average Bonchev–Trinajstić information content (AvgIpc) is 3.36. The van der Waals surface area contributed by atoms with Crippen molar-refractivity contribution in [2.75, 3.05) is 0 Å². The van der Waals surface area contributed by atoms with Crippen LogP contribution in [0.2, 0.25) is 0 Å². The lowest BCUT2D eigenvalue weighted by Gasteiger charge is -1.99. The summed E-state index contributed by atoms with van der Waals surface area (Å²) in [7, 11) is 0. The zero-order valence-electron chi connectivity index (χ0n) is 39.9. The molecular weight excluding hydrogens is 841 g/mol. The molecule has 342 valence electrons. The first kappa shape index (κ1) is 78.4. The summed E-state index contributed by atoms with van der Waals surface area (Å²) in [5.74, 6) is 29.1. The van der Waals surface area contributed by atoms with E-state index >= 15 is 0 Å². The smallest absolute Gasteiger partial charge is 0.144 e. The highest BCUT2D eigenvalue weighted by atomic mass is 14.3.